The quantitative estimate of drug-likeness (QED) is 0.769. The van der Waals surface area contributed by atoms with E-state index in [0.29, 0.717) is 5.95 Å². The van der Waals surface area contributed by atoms with Crippen LogP contribution in [0.2, 0.25) is 0 Å². The SMILES string of the molecule is CN=C(C)C1=C(N)CCc2cnc(Nc3ccc(N4CCN(C)CC4)cn3)nc21. The number of aryl methyl sites for hydroxylation is 1. The Bertz CT molecular complexity index is 940. The Morgan fingerprint density at radius 2 is 1.90 bits per heavy atom. The second kappa shape index (κ2) is 8.16. The predicted molar refractivity (Wildman–Crippen MR) is 118 cm³/mol. The lowest BCUT2D eigenvalue weighted by molar-refractivity contribution is 0.313. The molecule has 0 bridgehead atoms. The number of aliphatic imine (C=N–C) groups is 1. The Hall–Kier alpha value is -3.00. The molecule has 1 saturated heterocycles. The van der Waals surface area contributed by atoms with Crippen molar-refractivity contribution in [2.45, 2.75) is 19.8 Å². The third-order valence-electron chi connectivity index (χ3n) is 5.64. The van der Waals surface area contributed by atoms with Crippen molar-refractivity contribution in [3.8, 4) is 0 Å². The predicted octanol–water partition coefficient (Wildman–Crippen LogP) is 2.07. The van der Waals surface area contributed by atoms with Gasteiger partial charge < -0.3 is 20.9 Å². The molecule has 0 radical (unpaired) electrons. The van der Waals surface area contributed by atoms with E-state index < -0.39 is 0 Å². The zero-order valence-corrected chi connectivity index (χ0v) is 17.3. The average molecular weight is 393 g/mol. The number of hydrogen-bond donors (Lipinski definition) is 2. The van der Waals surface area contributed by atoms with Gasteiger partial charge in [-0.2, -0.15) is 0 Å². The topological polar surface area (TPSA) is 95.6 Å². The normalized spacial score (nSPS) is 18.0. The highest BCUT2D eigenvalue weighted by Crippen LogP contribution is 2.29. The van der Waals surface area contributed by atoms with Gasteiger partial charge in [0.2, 0.25) is 5.95 Å². The summed E-state index contributed by atoms with van der Waals surface area (Å²) in [5.41, 5.74) is 12.0. The Kier molecular flexibility index (Phi) is 5.44. The first-order chi connectivity index (χ1) is 14.0. The van der Waals surface area contributed by atoms with Gasteiger partial charge in [0.15, 0.2) is 0 Å². The summed E-state index contributed by atoms with van der Waals surface area (Å²) in [5.74, 6) is 1.23. The molecule has 1 aliphatic heterocycles. The van der Waals surface area contributed by atoms with E-state index in [1.807, 2.05) is 25.4 Å². The van der Waals surface area contributed by atoms with Gasteiger partial charge in [0.05, 0.1) is 17.6 Å². The number of nitrogens with one attached hydrogen (secondary N) is 1. The van der Waals surface area contributed by atoms with Crippen LogP contribution in [0, 0.1) is 0 Å². The largest absolute Gasteiger partial charge is 0.401 e. The molecule has 3 N–H and O–H groups in total. The number of hydrogen-bond acceptors (Lipinski definition) is 8. The Morgan fingerprint density at radius 1 is 1.10 bits per heavy atom. The number of rotatable bonds is 4. The van der Waals surface area contributed by atoms with Crippen LogP contribution in [0.25, 0.3) is 5.57 Å². The molecule has 8 nitrogen and oxygen atoms in total. The maximum absolute atomic E-state index is 6.27. The van der Waals surface area contributed by atoms with Crippen molar-refractivity contribution in [3.63, 3.8) is 0 Å². The van der Waals surface area contributed by atoms with Crippen LogP contribution >= 0.6 is 0 Å². The Morgan fingerprint density at radius 3 is 2.59 bits per heavy atom. The summed E-state index contributed by atoms with van der Waals surface area (Å²) in [5, 5.41) is 3.22. The Balaban J connectivity index is 1.53. The number of pyridine rings is 1. The number of fused-ring (bicyclic) bond motifs is 1. The van der Waals surface area contributed by atoms with Gasteiger partial charge in [-0.05, 0) is 44.5 Å². The van der Waals surface area contributed by atoms with Gasteiger partial charge >= 0.3 is 0 Å². The van der Waals surface area contributed by atoms with E-state index in [1.54, 1.807) is 7.05 Å². The molecule has 2 aromatic heterocycles. The zero-order chi connectivity index (χ0) is 20.4. The highest BCUT2D eigenvalue weighted by atomic mass is 15.3. The van der Waals surface area contributed by atoms with Crippen LogP contribution in [-0.4, -0.2) is 65.8 Å². The zero-order valence-electron chi connectivity index (χ0n) is 17.3. The summed E-state index contributed by atoms with van der Waals surface area (Å²) < 4.78 is 0. The molecule has 2 aliphatic rings. The van der Waals surface area contributed by atoms with Crippen LogP contribution < -0.4 is 16.0 Å². The maximum Gasteiger partial charge on any atom is 0.228 e. The number of likely N-dealkylation sites (N-methyl/N-ethyl adjacent to an activating group) is 1. The van der Waals surface area contributed by atoms with Crippen molar-refractivity contribution in [1.29, 1.82) is 0 Å². The van der Waals surface area contributed by atoms with Crippen molar-refractivity contribution < 1.29 is 0 Å². The van der Waals surface area contributed by atoms with Crippen LogP contribution in [0.15, 0.2) is 35.2 Å². The van der Waals surface area contributed by atoms with Gasteiger partial charge in [-0.25, -0.2) is 15.0 Å². The molecule has 0 spiro atoms. The molecule has 0 aromatic carbocycles. The molecule has 0 amide bonds. The van der Waals surface area contributed by atoms with E-state index in [0.717, 1.165) is 78.8 Å². The van der Waals surface area contributed by atoms with Crippen molar-refractivity contribution in [1.82, 2.24) is 19.9 Å². The molecule has 0 saturated carbocycles. The van der Waals surface area contributed by atoms with Crippen molar-refractivity contribution in [2.24, 2.45) is 10.7 Å². The summed E-state index contributed by atoms with van der Waals surface area (Å²) in [6.45, 7) is 6.15. The maximum atomic E-state index is 6.27. The molecule has 4 rings (SSSR count). The lowest BCUT2D eigenvalue weighted by Gasteiger charge is -2.33. The van der Waals surface area contributed by atoms with E-state index in [4.69, 9.17) is 10.7 Å². The number of aromatic nitrogens is 3. The van der Waals surface area contributed by atoms with Gasteiger partial charge in [-0.15, -0.1) is 0 Å². The second-order valence-corrected chi connectivity index (χ2v) is 7.59. The van der Waals surface area contributed by atoms with Gasteiger partial charge in [-0.1, -0.05) is 0 Å². The van der Waals surface area contributed by atoms with Gasteiger partial charge in [0.1, 0.15) is 5.82 Å². The number of nitrogens with zero attached hydrogens (tertiary/aromatic N) is 6. The molecule has 29 heavy (non-hydrogen) atoms. The van der Waals surface area contributed by atoms with Crippen LogP contribution in [0.4, 0.5) is 17.5 Å². The highest BCUT2D eigenvalue weighted by Gasteiger charge is 2.22. The molecule has 0 atom stereocenters. The molecule has 8 heteroatoms. The first-order valence-corrected chi connectivity index (χ1v) is 10.0. The van der Waals surface area contributed by atoms with E-state index >= 15 is 0 Å². The highest BCUT2D eigenvalue weighted by molar-refractivity contribution is 6.23. The van der Waals surface area contributed by atoms with Crippen molar-refractivity contribution in [2.75, 3.05) is 50.5 Å². The summed E-state index contributed by atoms with van der Waals surface area (Å²) in [6, 6.07) is 4.07. The minimum atomic E-state index is 0.514. The van der Waals surface area contributed by atoms with Crippen molar-refractivity contribution in [3.05, 3.63) is 41.5 Å². The molecule has 3 heterocycles. The summed E-state index contributed by atoms with van der Waals surface area (Å²) >= 11 is 0. The van der Waals surface area contributed by atoms with Crippen LogP contribution in [0.1, 0.15) is 24.6 Å². The van der Waals surface area contributed by atoms with E-state index in [1.165, 1.54) is 0 Å². The summed E-state index contributed by atoms with van der Waals surface area (Å²) in [7, 11) is 3.93. The average Bonchev–Trinajstić information content (AvgIpc) is 2.74. The molecule has 0 unspecified atom stereocenters. The second-order valence-electron chi connectivity index (χ2n) is 7.59. The Labute approximate surface area is 171 Å². The minimum Gasteiger partial charge on any atom is -0.401 e. The molecular weight excluding hydrogens is 364 g/mol. The number of anilines is 3. The van der Waals surface area contributed by atoms with Gasteiger partial charge in [0, 0.05) is 56.4 Å². The fourth-order valence-corrected chi connectivity index (χ4v) is 3.75. The molecule has 1 fully saturated rings. The summed E-state index contributed by atoms with van der Waals surface area (Å²) in [4.78, 5) is 22.8. The molecule has 152 valence electrons. The fraction of sp³-hybridized carbons (Fsp3) is 0.429. The van der Waals surface area contributed by atoms with E-state index in [9.17, 15) is 0 Å². The molecule has 2 aromatic rings. The van der Waals surface area contributed by atoms with Crippen LogP contribution in [0.5, 0.6) is 0 Å². The lowest BCUT2D eigenvalue weighted by atomic mass is 9.91. The first kappa shape index (κ1) is 19.3. The van der Waals surface area contributed by atoms with E-state index in [-0.39, 0.29) is 0 Å². The standard InChI is InChI=1S/C21H28N8/c1-14(23-2)19-17(22)6-4-15-12-25-21(27-20(15)19)26-18-7-5-16(13-24-18)29-10-8-28(3)9-11-29/h5,7,12-13H,4,6,8-11,22H2,1-3H3,(H,24,25,26,27). The number of piperazine rings is 1. The smallest absolute Gasteiger partial charge is 0.228 e. The van der Waals surface area contributed by atoms with Gasteiger partial charge in [0.25, 0.3) is 0 Å². The molecule has 1 aliphatic carbocycles. The van der Waals surface area contributed by atoms with Crippen molar-refractivity contribution >= 4 is 28.7 Å². The fourth-order valence-electron chi connectivity index (χ4n) is 3.75. The van der Waals surface area contributed by atoms with Crippen LogP contribution in [-0.2, 0) is 6.42 Å². The lowest BCUT2D eigenvalue weighted by Crippen LogP contribution is -2.44. The minimum absolute atomic E-state index is 0.514. The van der Waals surface area contributed by atoms with Crippen LogP contribution in [0.3, 0.4) is 0 Å². The van der Waals surface area contributed by atoms with Gasteiger partial charge in [-0.3, -0.25) is 4.99 Å². The summed E-state index contributed by atoms with van der Waals surface area (Å²) in [6.07, 6.45) is 5.43. The monoisotopic (exact) mass is 392 g/mol. The third kappa shape index (κ3) is 4.07. The number of nitrogens with two attached hydrogens (primary N) is 1. The third-order valence-corrected chi connectivity index (χ3v) is 5.64. The number of allylic oxidation sites excluding steroid dienone is 2. The first-order valence-electron chi connectivity index (χ1n) is 10.0. The molecular formula is C21H28N8. The van der Waals surface area contributed by atoms with E-state index in [2.05, 4.69) is 43.2 Å².